The lowest BCUT2D eigenvalue weighted by Gasteiger charge is -2.25. The Labute approximate surface area is 211 Å². The number of amides is 1. The molecule has 9 nitrogen and oxygen atoms in total. The number of carbonyl (C=O) groups excluding carboxylic acids is 1. The first-order valence-electron chi connectivity index (χ1n) is 11.9. The van der Waals surface area contributed by atoms with E-state index in [9.17, 15) is 9.18 Å². The van der Waals surface area contributed by atoms with Gasteiger partial charge in [0.2, 0.25) is 0 Å². The van der Waals surface area contributed by atoms with Crippen LogP contribution in [0.15, 0.2) is 73.1 Å². The van der Waals surface area contributed by atoms with Crippen LogP contribution in [0.2, 0.25) is 0 Å². The van der Waals surface area contributed by atoms with Crippen molar-refractivity contribution in [3.63, 3.8) is 0 Å². The molecule has 2 aromatic carbocycles. The van der Waals surface area contributed by atoms with Gasteiger partial charge in [0.15, 0.2) is 11.5 Å². The quantitative estimate of drug-likeness (QED) is 0.383. The molecule has 0 bridgehead atoms. The van der Waals surface area contributed by atoms with Crippen LogP contribution in [0.3, 0.4) is 0 Å². The molecule has 1 aliphatic heterocycles. The van der Waals surface area contributed by atoms with Gasteiger partial charge in [0, 0.05) is 36.5 Å². The van der Waals surface area contributed by atoms with Crippen LogP contribution in [0.25, 0.3) is 28.2 Å². The number of carbonyl (C=O) groups is 1. The van der Waals surface area contributed by atoms with Crippen LogP contribution in [0.4, 0.5) is 10.2 Å². The number of anilines is 1. The summed E-state index contributed by atoms with van der Waals surface area (Å²) in [6.45, 7) is 1.91. The molecular formula is C27H24FN7O2. The highest BCUT2D eigenvalue weighted by Gasteiger charge is 2.22. The van der Waals surface area contributed by atoms with E-state index in [2.05, 4.69) is 20.7 Å². The fraction of sp³-hybridized carbons (Fsp3) is 0.185. The average Bonchev–Trinajstić information content (AvgIpc) is 3.51. The Bertz CT molecular complexity index is 1590. The van der Waals surface area contributed by atoms with Crippen molar-refractivity contribution in [2.45, 2.75) is 6.04 Å². The summed E-state index contributed by atoms with van der Waals surface area (Å²) in [5.41, 5.74) is 4.98. The second kappa shape index (κ2) is 9.57. The first-order chi connectivity index (χ1) is 18.0. The average molecular weight is 498 g/mol. The number of morpholine rings is 1. The molecule has 0 radical (unpaired) electrons. The zero-order chi connectivity index (χ0) is 25.4. The number of ether oxygens (including phenoxy) is 1. The predicted octanol–water partition coefficient (Wildman–Crippen LogP) is 3.85. The van der Waals surface area contributed by atoms with Gasteiger partial charge in [0.1, 0.15) is 11.5 Å². The van der Waals surface area contributed by atoms with Gasteiger partial charge in [0.05, 0.1) is 31.1 Å². The van der Waals surface area contributed by atoms with E-state index in [0.717, 1.165) is 23.2 Å². The molecule has 1 atom stereocenters. The number of aryl methyl sites for hydroxylation is 1. The Kier molecular flexibility index (Phi) is 5.95. The summed E-state index contributed by atoms with van der Waals surface area (Å²) in [4.78, 5) is 17.7. The number of nitrogens with one attached hydrogen (secondary N) is 2. The largest absolute Gasteiger partial charge is 0.378 e. The highest BCUT2D eigenvalue weighted by atomic mass is 19.1. The Hall–Kier alpha value is -4.41. The maximum Gasteiger partial charge on any atom is 0.257 e. The fourth-order valence-electron chi connectivity index (χ4n) is 4.54. The lowest BCUT2D eigenvalue weighted by molar-refractivity contribution is 0.0763. The summed E-state index contributed by atoms with van der Waals surface area (Å²) < 4.78 is 22.3. The molecule has 1 aliphatic rings. The van der Waals surface area contributed by atoms with Crippen molar-refractivity contribution < 1.29 is 13.9 Å². The lowest BCUT2D eigenvalue weighted by atomic mass is 9.99. The maximum absolute atomic E-state index is 13.4. The third kappa shape index (κ3) is 4.59. The molecule has 1 fully saturated rings. The van der Waals surface area contributed by atoms with Crippen molar-refractivity contribution in [3.05, 3.63) is 90.0 Å². The molecule has 0 aliphatic carbocycles. The lowest BCUT2D eigenvalue weighted by Crippen LogP contribution is -2.35. The number of hydrogen-bond acceptors (Lipinski definition) is 6. The van der Waals surface area contributed by atoms with Gasteiger partial charge in [-0.2, -0.15) is 10.2 Å². The van der Waals surface area contributed by atoms with Crippen molar-refractivity contribution in [3.8, 4) is 22.5 Å². The molecule has 2 N–H and O–H groups in total. The van der Waals surface area contributed by atoms with Gasteiger partial charge < -0.3 is 15.4 Å². The maximum atomic E-state index is 13.4. The minimum absolute atomic E-state index is 0.0456. The number of benzene rings is 2. The van der Waals surface area contributed by atoms with Gasteiger partial charge in [0.25, 0.3) is 5.91 Å². The van der Waals surface area contributed by atoms with Crippen molar-refractivity contribution in [1.82, 2.24) is 29.7 Å². The van der Waals surface area contributed by atoms with Gasteiger partial charge in [-0.25, -0.2) is 13.9 Å². The van der Waals surface area contributed by atoms with Crippen LogP contribution >= 0.6 is 0 Å². The van der Waals surface area contributed by atoms with E-state index >= 15 is 0 Å². The topological polar surface area (TPSA) is 98.4 Å². The Morgan fingerprint density at radius 3 is 2.73 bits per heavy atom. The molecule has 5 aromatic rings. The molecular weight excluding hydrogens is 473 g/mol. The van der Waals surface area contributed by atoms with E-state index < -0.39 is 0 Å². The monoisotopic (exact) mass is 497 g/mol. The summed E-state index contributed by atoms with van der Waals surface area (Å²) >= 11 is 0. The van der Waals surface area contributed by atoms with Gasteiger partial charge in [-0.3, -0.25) is 9.48 Å². The smallest absolute Gasteiger partial charge is 0.257 e. The molecule has 4 heterocycles. The summed E-state index contributed by atoms with van der Waals surface area (Å²) in [5, 5.41) is 15.6. The molecule has 37 heavy (non-hydrogen) atoms. The van der Waals surface area contributed by atoms with E-state index in [1.807, 2.05) is 43.6 Å². The van der Waals surface area contributed by atoms with Crippen LogP contribution in [-0.2, 0) is 11.8 Å². The zero-order valence-corrected chi connectivity index (χ0v) is 20.1. The second-order valence-corrected chi connectivity index (χ2v) is 8.84. The molecule has 0 saturated carbocycles. The number of aromatic nitrogens is 5. The first-order valence-corrected chi connectivity index (χ1v) is 11.9. The Morgan fingerprint density at radius 2 is 1.92 bits per heavy atom. The van der Waals surface area contributed by atoms with Crippen molar-refractivity contribution in [1.29, 1.82) is 0 Å². The van der Waals surface area contributed by atoms with E-state index in [-0.39, 0.29) is 17.8 Å². The fourth-order valence-corrected chi connectivity index (χ4v) is 4.54. The van der Waals surface area contributed by atoms with Crippen molar-refractivity contribution >= 4 is 17.4 Å². The predicted molar refractivity (Wildman–Crippen MR) is 137 cm³/mol. The minimum Gasteiger partial charge on any atom is -0.378 e. The van der Waals surface area contributed by atoms with Crippen molar-refractivity contribution in [2.24, 2.45) is 7.05 Å². The molecule has 0 spiro atoms. The van der Waals surface area contributed by atoms with Gasteiger partial charge in [-0.05, 0) is 48.0 Å². The number of hydrogen-bond donors (Lipinski definition) is 2. The van der Waals surface area contributed by atoms with Gasteiger partial charge in [-0.15, -0.1) is 0 Å². The van der Waals surface area contributed by atoms with E-state index in [1.54, 1.807) is 33.6 Å². The molecule has 186 valence electrons. The molecule has 10 heteroatoms. The molecule has 1 amide bonds. The number of rotatable bonds is 5. The van der Waals surface area contributed by atoms with Gasteiger partial charge >= 0.3 is 0 Å². The minimum atomic E-state index is -0.306. The molecule has 1 saturated heterocycles. The van der Waals surface area contributed by atoms with E-state index in [0.29, 0.717) is 41.6 Å². The number of nitrogens with zero attached hydrogens (tertiary/aromatic N) is 5. The van der Waals surface area contributed by atoms with Crippen LogP contribution < -0.4 is 10.6 Å². The zero-order valence-electron chi connectivity index (χ0n) is 20.1. The second-order valence-electron chi connectivity index (χ2n) is 8.84. The SMILES string of the molecule is Cn1cc(-c2ccc3nc(NC(=O)c4ccccc4C4COCCN4)cn3n2)c(-c2ccc(F)cc2)n1. The van der Waals surface area contributed by atoms with Crippen LogP contribution in [0, 0.1) is 5.82 Å². The van der Waals surface area contributed by atoms with Crippen molar-refractivity contribution in [2.75, 3.05) is 25.1 Å². The van der Waals surface area contributed by atoms with E-state index in [1.165, 1.54) is 12.1 Å². The molecule has 1 unspecified atom stereocenters. The third-order valence-corrected chi connectivity index (χ3v) is 6.29. The summed E-state index contributed by atoms with van der Waals surface area (Å²) in [5.74, 6) is -0.167. The number of imidazole rings is 1. The first kappa shape index (κ1) is 23.0. The van der Waals surface area contributed by atoms with Crippen LogP contribution in [0.5, 0.6) is 0 Å². The standard InChI is InChI=1S/C27H24FN7O2/c1-34-14-21(26(33-34)17-6-8-18(28)9-7-17)22-10-11-25-30-24(15-35(25)32-22)31-27(36)20-5-3-2-4-19(20)23-16-37-13-12-29-23/h2-11,14-15,23,29H,12-13,16H2,1H3,(H,31,36). The number of fused-ring (bicyclic) bond motifs is 1. The highest BCUT2D eigenvalue weighted by molar-refractivity contribution is 6.05. The Morgan fingerprint density at radius 1 is 1.08 bits per heavy atom. The third-order valence-electron chi connectivity index (χ3n) is 6.29. The Balaban J connectivity index is 1.28. The number of halogens is 1. The normalized spacial score (nSPS) is 15.7. The summed E-state index contributed by atoms with van der Waals surface area (Å²) in [6, 6.07) is 17.3. The van der Waals surface area contributed by atoms with Gasteiger partial charge in [-0.1, -0.05) is 18.2 Å². The van der Waals surface area contributed by atoms with E-state index in [4.69, 9.17) is 9.84 Å². The van der Waals surface area contributed by atoms with Crippen LogP contribution in [0.1, 0.15) is 22.0 Å². The van der Waals surface area contributed by atoms with Crippen LogP contribution in [-0.4, -0.2) is 50.0 Å². The highest BCUT2D eigenvalue weighted by Crippen LogP contribution is 2.30. The summed E-state index contributed by atoms with van der Waals surface area (Å²) in [6.07, 6.45) is 3.54. The summed E-state index contributed by atoms with van der Waals surface area (Å²) in [7, 11) is 1.83. The molecule has 3 aromatic heterocycles. The molecule has 6 rings (SSSR count).